The fourth-order valence-corrected chi connectivity index (χ4v) is 1.85. The van der Waals surface area contributed by atoms with Crippen LogP contribution in [0.1, 0.15) is 0 Å². The molecule has 3 aromatic rings. The molecule has 2 N–H and O–H groups in total. The molecule has 1 aromatic heterocycles. The normalized spacial score (nSPS) is 10.2. The predicted octanol–water partition coefficient (Wildman–Crippen LogP) is -0.700. The molecular weight excluding hydrogens is 303 g/mol. The number of nitrogens with one attached hydrogen (secondary N) is 1. The van der Waals surface area contributed by atoms with Crippen molar-refractivity contribution in [3.63, 3.8) is 0 Å². The van der Waals surface area contributed by atoms with Gasteiger partial charge in [-0.1, -0.05) is 12.1 Å². The third kappa shape index (κ3) is 5.10. The van der Waals surface area contributed by atoms with Crippen molar-refractivity contribution in [2.75, 3.05) is 0 Å². The first-order valence-corrected chi connectivity index (χ1v) is 6.85. The number of para-hydroxylation sites is 2. The topological polar surface area (TPSA) is 83.1 Å². The molecule has 1 heterocycles. The van der Waals surface area contributed by atoms with Crippen LogP contribution in [0.2, 0.25) is 0 Å². The predicted molar refractivity (Wildman–Crippen MR) is 71.2 cm³/mol. The monoisotopic (exact) mass is 314 g/mol. The summed E-state index contributed by atoms with van der Waals surface area (Å²) in [7, 11) is -4.23. The van der Waals surface area contributed by atoms with Crippen molar-refractivity contribution in [1.29, 1.82) is 0 Å². The molecule has 0 fully saturated rings. The van der Waals surface area contributed by atoms with Gasteiger partial charge in [-0.3, -0.25) is 4.55 Å². The fourth-order valence-electron chi connectivity index (χ4n) is 1.39. The van der Waals surface area contributed by atoms with Crippen LogP contribution in [0.25, 0.3) is 11.0 Å². The number of hydrogen-bond donors (Lipinski definition) is 2. The van der Waals surface area contributed by atoms with E-state index in [1.54, 1.807) is 24.3 Å². The Morgan fingerprint density at radius 2 is 1.70 bits per heavy atom. The molecular formula is C13H11KN2O3S. The first-order chi connectivity index (χ1) is 9.07. The standard InChI is InChI=1S/C7H6N2O3S.C6H5.K/c10-13(11,12)7-8-5-3-1-2-4-6(5)9-7;1-2-4-6-5-3-1;/h1-4H,(H,8,9)(H,10,11,12);1-5H;/q;-1;+1. The average molecular weight is 314 g/mol. The van der Waals surface area contributed by atoms with Gasteiger partial charge in [-0.05, 0) is 12.1 Å². The minimum absolute atomic E-state index is 0. The molecule has 7 heteroatoms. The van der Waals surface area contributed by atoms with E-state index in [9.17, 15) is 8.42 Å². The molecule has 0 spiro atoms. The van der Waals surface area contributed by atoms with Gasteiger partial charge in [-0.2, -0.15) is 44.8 Å². The summed E-state index contributed by atoms with van der Waals surface area (Å²) in [5, 5.41) is -0.422. The number of rotatable bonds is 1. The summed E-state index contributed by atoms with van der Waals surface area (Å²) >= 11 is 0. The van der Waals surface area contributed by atoms with Crippen molar-refractivity contribution >= 4 is 21.2 Å². The van der Waals surface area contributed by atoms with Crippen LogP contribution in [0, 0.1) is 6.07 Å². The van der Waals surface area contributed by atoms with E-state index in [1.165, 1.54) is 0 Å². The first-order valence-electron chi connectivity index (χ1n) is 5.41. The van der Waals surface area contributed by atoms with Crippen LogP contribution >= 0.6 is 0 Å². The molecule has 0 saturated carbocycles. The van der Waals surface area contributed by atoms with Crippen LogP contribution in [-0.4, -0.2) is 22.9 Å². The molecule has 0 unspecified atom stereocenters. The summed E-state index contributed by atoms with van der Waals surface area (Å²) < 4.78 is 30.0. The fraction of sp³-hybridized carbons (Fsp3) is 0. The van der Waals surface area contributed by atoms with Gasteiger partial charge < -0.3 is 4.98 Å². The summed E-state index contributed by atoms with van der Waals surface area (Å²) in [4.78, 5) is 6.18. The van der Waals surface area contributed by atoms with Gasteiger partial charge in [0.15, 0.2) is 0 Å². The van der Waals surface area contributed by atoms with Gasteiger partial charge >= 0.3 is 61.5 Å². The summed E-state index contributed by atoms with van der Waals surface area (Å²) in [6.07, 6.45) is 0. The minimum Gasteiger partial charge on any atom is -0.327 e. The number of fused-ring (bicyclic) bond motifs is 1. The van der Waals surface area contributed by atoms with Gasteiger partial charge in [0.25, 0.3) is 5.16 Å². The van der Waals surface area contributed by atoms with E-state index in [-0.39, 0.29) is 51.4 Å². The van der Waals surface area contributed by atoms with Crippen molar-refractivity contribution in [2.45, 2.75) is 5.16 Å². The second kappa shape index (κ2) is 8.04. The van der Waals surface area contributed by atoms with E-state index in [4.69, 9.17) is 4.55 Å². The van der Waals surface area contributed by atoms with Crippen molar-refractivity contribution in [3.8, 4) is 0 Å². The maximum Gasteiger partial charge on any atom is 1.00 e. The van der Waals surface area contributed by atoms with E-state index in [0.29, 0.717) is 11.0 Å². The Balaban J connectivity index is 0.000000243. The molecule has 20 heavy (non-hydrogen) atoms. The molecule has 0 aliphatic rings. The van der Waals surface area contributed by atoms with Crippen LogP contribution in [0.5, 0.6) is 0 Å². The molecule has 0 saturated heterocycles. The zero-order valence-electron chi connectivity index (χ0n) is 10.8. The minimum atomic E-state index is -4.23. The van der Waals surface area contributed by atoms with E-state index >= 15 is 0 Å². The number of nitrogens with zero attached hydrogens (tertiary/aromatic N) is 1. The Hall–Kier alpha value is -0.544. The number of benzene rings is 2. The summed E-state index contributed by atoms with van der Waals surface area (Å²) in [6, 6.07) is 19.3. The number of imidazole rings is 1. The zero-order valence-corrected chi connectivity index (χ0v) is 14.8. The smallest absolute Gasteiger partial charge is 0.327 e. The van der Waals surface area contributed by atoms with Crippen LogP contribution < -0.4 is 51.4 Å². The number of aromatic amines is 1. The van der Waals surface area contributed by atoms with Crippen LogP contribution in [0.4, 0.5) is 0 Å². The van der Waals surface area contributed by atoms with Gasteiger partial charge in [-0.25, -0.2) is 4.98 Å². The first kappa shape index (κ1) is 17.5. The van der Waals surface area contributed by atoms with E-state index in [1.807, 2.05) is 30.3 Å². The zero-order chi connectivity index (χ0) is 13.7. The van der Waals surface area contributed by atoms with E-state index in [0.717, 1.165) is 0 Å². The van der Waals surface area contributed by atoms with Gasteiger partial charge in [0.05, 0.1) is 11.0 Å². The molecule has 0 radical (unpaired) electrons. The van der Waals surface area contributed by atoms with E-state index in [2.05, 4.69) is 16.0 Å². The molecule has 98 valence electrons. The SMILES string of the molecule is O=S(=O)(O)c1nc2ccccc2[nH]1.[K+].[c-]1ccccc1. The summed E-state index contributed by atoms with van der Waals surface area (Å²) in [6.45, 7) is 0. The molecule has 3 rings (SSSR count). The molecule has 0 aliphatic carbocycles. The second-order valence-electron chi connectivity index (χ2n) is 3.61. The van der Waals surface area contributed by atoms with Crippen LogP contribution in [-0.2, 0) is 10.1 Å². The molecule has 0 amide bonds. The summed E-state index contributed by atoms with van der Waals surface area (Å²) in [5.74, 6) is 0. The van der Waals surface area contributed by atoms with Crippen molar-refractivity contribution in [2.24, 2.45) is 0 Å². The van der Waals surface area contributed by atoms with Gasteiger partial charge in [-0.15, -0.1) is 0 Å². The molecule has 0 atom stereocenters. The van der Waals surface area contributed by atoms with Crippen molar-refractivity contribution in [1.82, 2.24) is 9.97 Å². The molecule has 0 bridgehead atoms. The average Bonchev–Trinajstić information content (AvgIpc) is 2.85. The molecule has 2 aromatic carbocycles. The number of hydrogen-bond acceptors (Lipinski definition) is 3. The van der Waals surface area contributed by atoms with Crippen LogP contribution in [0.15, 0.2) is 59.8 Å². The van der Waals surface area contributed by atoms with Crippen LogP contribution in [0.3, 0.4) is 0 Å². The largest absolute Gasteiger partial charge is 1.00 e. The van der Waals surface area contributed by atoms with E-state index < -0.39 is 15.3 Å². The Morgan fingerprint density at radius 1 is 1.05 bits per heavy atom. The number of H-pyrrole nitrogens is 1. The maximum absolute atomic E-state index is 10.7. The second-order valence-corrected chi connectivity index (χ2v) is 4.95. The Kier molecular flexibility index (Phi) is 7.03. The Bertz CT molecular complexity index is 698. The third-order valence-electron chi connectivity index (χ3n) is 2.22. The Morgan fingerprint density at radius 3 is 2.15 bits per heavy atom. The third-order valence-corrected chi connectivity index (χ3v) is 2.90. The van der Waals surface area contributed by atoms with Crippen molar-refractivity contribution < 1.29 is 64.4 Å². The van der Waals surface area contributed by atoms with Gasteiger partial charge in [0, 0.05) is 0 Å². The van der Waals surface area contributed by atoms with Crippen molar-refractivity contribution in [3.05, 3.63) is 60.7 Å². The van der Waals surface area contributed by atoms with Gasteiger partial charge in [0.1, 0.15) is 0 Å². The molecule has 0 aliphatic heterocycles. The Labute approximate surface area is 159 Å². The maximum atomic E-state index is 10.7. The summed E-state index contributed by atoms with van der Waals surface area (Å²) in [5.41, 5.74) is 1.09. The molecule has 5 nitrogen and oxygen atoms in total. The quantitative estimate of drug-likeness (QED) is 0.353. The number of aromatic nitrogens is 2. The van der Waals surface area contributed by atoms with Gasteiger partial charge in [0.2, 0.25) is 0 Å².